The molecule has 1 aromatic rings. The van der Waals surface area contributed by atoms with Gasteiger partial charge in [0.15, 0.2) is 0 Å². The molecule has 1 saturated heterocycles. The molecule has 1 aliphatic carbocycles. The monoisotopic (exact) mass is 278 g/mol. The molecule has 0 bridgehead atoms. The lowest BCUT2D eigenvalue weighted by Crippen LogP contribution is -2.17. The summed E-state index contributed by atoms with van der Waals surface area (Å²) in [5.41, 5.74) is 3.64. The van der Waals surface area contributed by atoms with Crippen molar-refractivity contribution in [2.24, 2.45) is 0 Å². The van der Waals surface area contributed by atoms with E-state index in [0.29, 0.717) is 15.3 Å². The molecule has 0 spiro atoms. The van der Waals surface area contributed by atoms with Gasteiger partial charge in [-0.2, -0.15) is 0 Å². The molecule has 1 aliphatic heterocycles. The third-order valence-corrected chi connectivity index (χ3v) is 4.53. The van der Waals surface area contributed by atoms with Gasteiger partial charge in [0.2, 0.25) is 0 Å². The molecule has 1 aromatic heterocycles. The summed E-state index contributed by atoms with van der Waals surface area (Å²) >= 11 is 6.33. The van der Waals surface area contributed by atoms with Crippen LogP contribution in [0.25, 0.3) is 6.08 Å². The molecule has 5 heteroatoms. The molecule has 18 heavy (non-hydrogen) atoms. The predicted molar refractivity (Wildman–Crippen MR) is 78.5 cm³/mol. The highest BCUT2D eigenvalue weighted by Gasteiger charge is 2.27. The van der Waals surface area contributed by atoms with E-state index in [0.717, 1.165) is 5.56 Å². The fraction of sp³-hybridized carbons (Fsp3) is 0.385. The lowest BCUT2D eigenvalue weighted by atomic mass is 10.2. The Labute approximate surface area is 116 Å². The van der Waals surface area contributed by atoms with Gasteiger partial charge in [-0.3, -0.25) is 4.79 Å². The average molecular weight is 278 g/mol. The number of rotatable bonds is 2. The quantitative estimate of drug-likeness (QED) is 0.667. The van der Waals surface area contributed by atoms with Crippen molar-refractivity contribution in [3.05, 3.63) is 27.9 Å². The van der Waals surface area contributed by atoms with Gasteiger partial charge in [0, 0.05) is 17.4 Å². The maximum absolute atomic E-state index is 11.6. The number of carbonyl (C=O) groups is 1. The number of hydrogen-bond acceptors (Lipinski definition) is 3. The second-order valence-electron chi connectivity index (χ2n) is 4.78. The fourth-order valence-corrected chi connectivity index (χ4v) is 3.44. The van der Waals surface area contributed by atoms with Gasteiger partial charge in [-0.15, -0.1) is 0 Å². The Hall–Kier alpha value is -1.07. The second-order valence-corrected chi connectivity index (χ2v) is 6.50. The van der Waals surface area contributed by atoms with E-state index in [1.165, 1.54) is 36.0 Å². The van der Waals surface area contributed by atoms with Gasteiger partial charge in [0.05, 0.1) is 4.91 Å². The first kappa shape index (κ1) is 12.0. The minimum Gasteiger partial charge on any atom is -0.346 e. The number of thiocarbonyl (C=S) groups is 1. The van der Waals surface area contributed by atoms with Crippen LogP contribution in [0.3, 0.4) is 0 Å². The van der Waals surface area contributed by atoms with Gasteiger partial charge in [0.25, 0.3) is 5.91 Å². The van der Waals surface area contributed by atoms with Crippen LogP contribution in [0.15, 0.2) is 11.0 Å². The number of aromatic nitrogens is 1. The van der Waals surface area contributed by atoms with Gasteiger partial charge in [-0.1, -0.05) is 24.0 Å². The molecule has 0 unspecified atom stereocenters. The zero-order chi connectivity index (χ0) is 12.9. The number of aryl methyl sites for hydroxylation is 1. The largest absolute Gasteiger partial charge is 0.346 e. The molecule has 1 saturated carbocycles. The van der Waals surface area contributed by atoms with Gasteiger partial charge in [-0.05, 0) is 44.4 Å². The van der Waals surface area contributed by atoms with Crippen molar-refractivity contribution in [1.29, 1.82) is 0 Å². The normalized spacial score (nSPS) is 21.8. The third-order valence-electron chi connectivity index (χ3n) is 3.36. The molecule has 1 amide bonds. The molecule has 3 rings (SSSR count). The summed E-state index contributed by atoms with van der Waals surface area (Å²) in [6, 6.07) is 2.82. The van der Waals surface area contributed by atoms with E-state index >= 15 is 0 Å². The number of nitrogens with zero attached hydrogens (tertiary/aromatic N) is 1. The van der Waals surface area contributed by atoms with Crippen LogP contribution in [0.1, 0.15) is 35.8 Å². The van der Waals surface area contributed by atoms with Gasteiger partial charge in [-0.25, -0.2) is 0 Å². The molecular weight excluding hydrogens is 264 g/mol. The van der Waals surface area contributed by atoms with Crippen LogP contribution in [-0.4, -0.2) is 14.8 Å². The standard InChI is InChI=1S/C13H14N2OS2/c1-7-5-9(8(2)15(7)10-3-4-10)6-11-12(16)14-13(17)18-11/h5-6,10H,3-4H2,1-2H3,(H,14,16,17)/b11-6+. The minimum absolute atomic E-state index is 0.0822. The smallest absolute Gasteiger partial charge is 0.263 e. The number of carbonyl (C=O) groups excluding carboxylic acids is 1. The summed E-state index contributed by atoms with van der Waals surface area (Å²) in [6.45, 7) is 4.24. The number of nitrogens with one attached hydrogen (secondary N) is 1. The lowest BCUT2D eigenvalue weighted by molar-refractivity contribution is -0.115. The van der Waals surface area contributed by atoms with Gasteiger partial charge >= 0.3 is 0 Å². The third kappa shape index (κ3) is 2.01. The maximum atomic E-state index is 11.6. The van der Waals surface area contributed by atoms with Crippen LogP contribution < -0.4 is 5.32 Å². The Balaban J connectivity index is 1.98. The van der Waals surface area contributed by atoms with Crippen LogP contribution in [0.5, 0.6) is 0 Å². The Morgan fingerprint density at radius 3 is 2.78 bits per heavy atom. The van der Waals surface area contributed by atoms with Crippen LogP contribution in [0.4, 0.5) is 0 Å². The van der Waals surface area contributed by atoms with Gasteiger partial charge in [0.1, 0.15) is 4.32 Å². The zero-order valence-electron chi connectivity index (χ0n) is 10.3. The predicted octanol–water partition coefficient (Wildman–Crippen LogP) is 2.93. The molecule has 1 N–H and O–H groups in total. The van der Waals surface area contributed by atoms with E-state index in [1.807, 2.05) is 6.08 Å². The van der Waals surface area contributed by atoms with Crippen LogP contribution in [-0.2, 0) is 4.79 Å². The van der Waals surface area contributed by atoms with E-state index in [9.17, 15) is 4.79 Å². The van der Waals surface area contributed by atoms with E-state index in [4.69, 9.17) is 12.2 Å². The highest BCUT2D eigenvalue weighted by Crippen LogP contribution is 2.39. The van der Waals surface area contributed by atoms with Gasteiger partial charge < -0.3 is 9.88 Å². The first-order valence-corrected chi connectivity index (χ1v) is 7.22. The Morgan fingerprint density at radius 2 is 2.22 bits per heavy atom. The molecule has 2 aliphatic rings. The first-order chi connectivity index (χ1) is 8.56. The number of amides is 1. The van der Waals surface area contributed by atoms with Crippen LogP contribution >= 0.6 is 24.0 Å². The highest BCUT2D eigenvalue weighted by molar-refractivity contribution is 8.26. The molecule has 3 nitrogen and oxygen atoms in total. The fourth-order valence-electron chi connectivity index (χ4n) is 2.41. The van der Waals surface area contributed by atoms with Crippen LogP contribution in [0.2, 0.25) is 0 Å². The van der Waals surface area contributed by atoms with Crippen LogP contribution in [0, 0.1) is 13.8 Å². The maximum Gasteiger partial charge on any atom is 0.263 e. The summed E-state index contributed by atoms with van der Waals surface area (Å²) in [7, 11) is 0. The molecule has 0 atom stereocenters. The SMILES string of the molecule is Cc1cc(/C=C2/SC(=S)NC2=O)c(C)n1C1CC1. The van der Waals surface area contributed by atoms with Crippen molar-refractivity contribution in [1.82, 2.24) is 9.88 Å². The van der Waals surface area contributed by atoms with Crippen molar-refractivity contribution in [2.75, 3.05) is 0 Å². The van der Waals surface area contributed by atoms with Crippen molar-refractivity contribution < 1.29 is 4.79 Å². The van der Waals surface area contributed by atoms with Crippen molar-refractivity contribution in [2.45, 2.75) is 32.7 Å². The summed E-state index contributed by atoms with van der Waals surface area (Å²) < 4.78 is 2.92. The van der Waals surface area contributed by atoms with E-state index in [1.54, 1.807) is 0 Å². The topological polar surface area (TPSA) is 34.0 Å². The van der Waals surface area contributed by atoms with Crippen molar-refractivity contribution in [3.8, 4) is 0 Å². The summed E-state index contributed by atoms with van der Waals surface area (Å²) in [5, 5.41) is 2.64. The van der Waals surface area contributed by atoms with Crippen molar-refractivity contribution >= 4 is 40.3 Å². The zero-order valence-corrected chi connectivity index (χ0v) is 12.0. The molecule has 2 fully saturated rings. The minimum atomic E-state index is -0.0822. The van der Waals surface area contributed by atoms with Crippen molar-refractivity contribution in [3.63, 3.8) is 0 Å². The Kier molecular flexibility index (Phi) is 2.83. The summed E-state index contributed by atoms with van der Waals surface area (Å²) in [5.74, 6) is -0.0822. The highest BCUT2D eigenvalue weighted by atomic mass is 32.2. The summed E-state index contributed by atoms with van der Waals surface area (Å²) in [4.78, 5) is 12.3. The first-order valence-electron chi connectivity index (χ1n) is 5.99. The second kappa shape index (κ2) is 4.24. The molecule has 0 radical (unpaired) electrons. The number of thioether (sulfide) groups is 1. The molecule has 2 heterocycles. The average Bonchev–Trinajstić information content (AvgIpc) is 3.00. The lowest BCUT2D eigenvalue weighted by Gasteiger charge is -2.06. The molecule has 94 valence electrons. The number of hydrogen-bond donors (Lipinski definition) is 1. The van der Waals surface area contributed by atoms with E-state index < -0.39 is 0 Å². The van der Waals surface area contributed by atoms with E-state index in [-0.39, 0.29) is 5.91 Å². The van der Waals surface area contributed by atoms with E-state index in [2.05, 4.69) is 29.8 Å². The molecule has 0 aromatic carbocycles. The summed E-state index contributed by atoms with van der Waals surface area (Å²) in [6.07, 6.45) is 4.48. The Morgan fingerprint density at radius 1 is 1.50 bits per heavy atom. The Bertz CT molecular complexity index is 582. The molecular formula is C13H14N2OS2.